The molecule has 0 saturated carbocycles. The van der Waals surface area contributed by atoms with Crippen LogP contribution in [0.5, 0.6) is 11.5 Å². The van der Waals surface area contributed by atoms with Crippen LogP contribution in [0.15, 0.2) is 48.5 Å². The van der Waals surface area contributed by atoms with Crippen LogP contribution in [0, 0.1) is 18.8 Å². The van der Waals surface area contributed by atoms with Gasteiger partial charge in [0.2, 0.25) is 0 Å². The van der Waals surface area contributed by atoms with E-state index >= 15 is 0 Å². The first-order valence-corrected chi connectivity index (χ1v) is 7.26. The highest BCUT2D eigenvalue weighted by atomic mass is 16.5. The topological polar surface area (TPSA) is 47.6 Å². The molecule has 23 heavy (non-hydrogen) atoms. The van der Waals surface area contributed by atoms with Crippen molar-refractivity contribution < 1.29 is 14.3 Å². The van der Waals surface area contributed by atoms with Gasteiger partial charge in [-0.1, -0.05) is 24.0 Å². The van der Waals surface area contributed by atoms with Crippen LogP contribution in [0.4, 0.5) is 0 Å². The number of nitrogens with one attached hydrogen (secondary N) is 1. The zero-order chi connectivity index (χ0) is 16.5. The van der Waals surface area contributed by atoms with E-state index in [1.165, 1.54) is 0 Å². The molecule has 0 aromatic heterocycles. The average molecular weight is 309 g/mol. The fourth-order valence-electron chi connectivity index (χ4n) is 1.87. The number of rotatable bonds is 5. The van der Waals surface area contributed by atoms with Gasteiger partial charge in [-0.25, -0.2) is 0 Å². The lowest BCUT2D eigenvalue weighted by Crippen LogP contribution is -2.29. The Morgan fingerprint density at radius 1 is 1.13 bits per heavy atom. The summed E-state index contributed by atoms with van der Waals surface area (Å²) in [7, 11) is 1.62. The van der Waals surface area contributed by atoms with Crippen molar-refractivity contribution in [1.82, 2.24) is 5.32 Å². The van der Waals surface area contributed by atoms with Crippen molar-refractivity contribution in [3.63, 3.8) is 0 Å². The van der Waals surface area contributed by atoms with Gasteiger partial charge in [-0.2, -0.15) is 0 Å². The highest BCUT2D eigenvalue weighted by molar-refractivity contribution is 5.77. The van der Waals surface area contributed by atoms with Crippen LogP contribution in [0.3, 0.4) is 0 Å². The van der Waals surface area contributed by atoms with E-state index in [0.717, 1.165) is 16.9 Å². The molecule has 0 aliphatic carbocycles. The minimum absolute atomic E-state index is 0.0202. The number of aryl methyl sites for hydroxylation is 1. The van der Waals surface area contributed by atoms with E-state index in [-0.39, 0.29) is 19.1 Å². The van der Waals surface area contributed by atoms with Crippen molar-refractivity contribution in [3.05, 3.63) is 59.7 Å². The minimum atomic E-state index is -0.199. The summed E-state index contributed by atoms with van der Waals surface area (Å²) in [4.78, 5) is 11.7. The van der Waals surface area contributed by atoms with E-state index in [9.17, 15) is 4.79 Å². The molecule has 4 heteroatoms. The predicted octanol–water partition coefficient (Wildman–Crippen LogP) is 2.55. The highest BCUT2D eigenvalue weighted by Crippen LogP contribution is 2.12. The zero-order valence-electron chi connectivity index (χ0n) is 13.3. The molecule has 0 fully saturated rings. The molecule has 2 rings (SSSR count). The second kappa shape index (κ2) is 8.50. The Morgan fingerprint density at radius 2 is 1.91 bits per heavy atom. The lowest BCUT2D eigenvalue weighted by molar-refractivity contribution is -0.122. The molecule has 2 aromatic rings. The first kappa shape index (κ1) is 16.4. The zero-order valence-corrected chi connectivity index (χ0v) is 13.3. The van der Waals surface area contributed by atoms with E-state index < -0.39 is 0 Å². The summed E-state index contributed by atoms with van der Waals surface area (Å²) in [5, 5.41) is 2.70. The van der Waals surface area contributed by atoms with Gasteiger partial charge in [0.1, 0.15) is 11.5 Å². The van der Waals surface area contributed by atoms with Crippen molar-refractivity contribution in [2.45, 2.75) is 6.92 Å². The van der Waals surface area contributed by atoms with Gasteiger partial charge in [0.05, 0.1) is 13.7 Å². The second-order valence-corrected chi connectivity index (χ2v) is 4.91. The van der Waals surface area contributed by atoms with Gasteiger partial charge in [0, 0.05) is 5.56 Å². The third-order valence-electron chi connectivity index (χ3n) is 3.06. The highest BCUT2D eigenvalue weighted by Gasteiger charge is 2.01. The monoisotopic (exact) mass is 309 g/mol. The molecule has 0 unspecified atom stereocenters. The van der Waals surface area contributed by atoms with Crippen LogP contribution in [-0.4, -0.2) is 26.2 Å². The van der Waals surface area contributed by atoms with Gasteiger partial charge in [0.15, 0.2) is 6.61 Å². The average Bonchev–Trinajstić information content (AvgIpc) is 2.57. The Morgan fingerprint density at radius 3 is 2.61 bits per heavy atom. The van der Waals surface area contributed by atoms with E-state index in [1.807, 2.05) is 55.5 Å². The van der Waals surface area contributed by atoms with Gasteiger partial charge in [0.25, 0.3) is 5.91 Å². The van der Waals surface area contributed by atoms with Crippen molar-refractivity contribution in [2.24, 2.45) is 0 Å². The quantitative estimate of drug-likeness (QED) is 0.864. The van der Waals surface area contributed by atoms with Crippen molar-refractivity contribution in [2.75, 3.05) is 20.3 Å². The van der Waals surface area contributed by atoms with E-state index in [1.54, 1.807) is 7.11 Å². The smallest absolute Gasteiger partial charge is 0.258 e. The summed E-state index contributed by atoms with van der Waals surface area (Å²) < 4.78 is 10.5. The van der Waals surface area contributed by atoms with Crippen LogP contribution in [-0.2, 0) is 4.79 Å². The molecule has 4 nitrogen and oxygen atoms in total. The first-order chi connectivity index (χ1) is 11.2. The summed E-state index contributed by atoms with van der Waals surface area (Å²) in [5.74, 6) is 7.15. The third-order valence-corrected chi connectivity index (χ3v) is 3.06. The molecule has 118 valence electrons. The van der Waals surface area contributed by atoms with E-state index in [4.69, 9.17) is 9.47 Å². The van der Waals surface area contributed by atoms with Crippen LogP contribution in [0.25, 0.3) is 0 Å². The Bertz CT molecular complexity index is 711. The number of hydrogen-bond donors (Lipinski definition) is 1. The summed E-state index contributed by atoms with van der Waals surface area (Å²) in [6.45, 7) is 2.23. The predicted molar refractivity (Wildman–Crippen MR) is 89.6 cm³/mol. The number of carbonyl (C=O) groups is 1. The Hall–Kier alpha value is -2.93. The molecule has 1 amide bonds. The van der Waals surface area contributed by atoms with Crippen LogP contribution >= 0.6 is 0 Å². The maximum Gasteiger partial charge on any atom is 0.258 e. The Balaban J connectivity index is 1.73. The molecule has 0 radical (unpaired) electrons. The van der Waals surface area contributed by atoms with Gasteiger partial charge < -0.3 is 14.8 Å². The second-order valence-electron chi connectivity index (χ2n) is 4.91. The summed E-state index contributed by atoms with van der Waals surface area (Å²) >= 11 is 0. The standard InChI is InChI=1S/C19H19NO3/c1-15-5-3-7-18(13-15)23-14-19(21)20-12-4-6-16-8-10-17(22-2)11-9-16/h3,5,7-11,13H,12,14H2,1-2H3,(H,20,21). The number of benzene rings is 2. The van der Waals surface area contributed by atoms with Gasteiger partial charge in [-0.05, 0) is 48.9 Å². The maximum atomic E-state index is 11.7. The first-order valence-electron chi connectivity index (χ1n) is 7.26. The molecule has 0 aliphatic heterocycles. The number of methoxy groups -OCH3 is 1. The van der Waals surface area contributed by atoms with Crippen molar-refractivity contribution in [1.29, 1.82) is 0 Å². The molecule has 0 atom stereocenters. The lowest BCUT2D eigenvalue weighted by Gasteiger charge is -2.06. The van der Waals surface area contributed by atoms with Crippen molar-refractivity contribution >= 4 is 5.91 Å². The number of carbonyl (C=O) groups excluding carboxylic acids is 1. The summed E-state index contributed by atoms with van der Waals surface area (Å²) in [6.07, 6.45) is 0. The van der Waals surface area contributed by atoms with Crippen LogP contribution in [0.1, 0.15) is 11.1 Å². The lowest BCUT2D eigenvalue weighted by atomic mass is 10.2. The molecule has 0 heterocycles. The Labute approximate surface area is 136 Å². The van der Waals surface area contributed by atoms with Gasteiger partial charge >= 0.3 is 0 Å². The fourth-order valence-corrected chi connectivity index (χ4v) is 1.87. The van der Waals surface area contributed by atoms with Crippen LogP contribution < -0.4 is 14.8 Å². The van der Waals surface area contributed by atoms with Gasteiger partial charge in [-0.3, -0.25) is 4.79 Å². The van der Waals surface area contributed by atoms with Crippen LogP contribution in [0.2, 0.25) is 0 Å². The van der Waals surface area contributed by atoms with Crippen molar-refractivity contribution in [3.8, 4) is 23.3 Å². The number of amides is 1. The molecule has 1 N–H and O–H groups in total. The molecule has 0 bridgehead atoms. The normalized spacial score (nSPS) is 9.48. The maximum absolute atomic E-state index is 11.7. The molecular formula is C19H19NO3. The molecule has 0 aliphatic rings. The van der Waals surface area contributed by atoms with Gasteiger partial charge in [-0.15, -0.1) is 0 Å². The Kier molecular flexibility index (Phi) is 6.07. The SMILES string of the molecule is COc1ccc(C#CCNC(=O)COc2cccc(C)c2)cc1. The van der Waals surface area contributed by atoms with E-state index in [0.29, 0.717) is 5.75 Å². The summed E-state index contributed by atoms with van der Waals surface area (Å²) in [6, 6.07) is 15.0. The third kappa shape index (κ3) is 5.76. The molecular weight excluding hydrogens is 290 g/mol. The largest absolute Gasteiger partial charge is 0.497 e. The van der Waals surface area contributed by atoms with E-state index in [2.05, 4.69) is 17.2 Å². The molecule has 2 aromatic carbocycles. The number of hydrogen-bond acceptors (Lipinski definition) is 3. The summed E-state index contributed by atoms with van der Waals surface area (Å²) in [5.41, 5.74) is 1.96. The number of ether oxygens (including phenoxy) is 2. The fraction of sp³-hybridized carbons (Fsp3) is 0.211. The molecule has 0 saturated heterocycles. The minimum Gasteiger partial charge on any atom is -0.497 e. The molecule has 0 spiro atoms.